The van der Waals surface area contributed by atoms with Crippen molar-refractivity contribution in [1.82, 2.24) is 0 Å². The third kappa shape index (κ3) is 3.97. The van der Waals surface area contributed by atoms with E-state index in [1.54, 1.807) is 6.07 Å². The number of hydrogen-bond acceptors (Lipinski definition) is 1. The molecule has 2 aromatic rings. The fourth-order valence-electron chi connectivity index (χ4n) is 3.33. The van der Waals surface area contributed by atoms with Gasteiger partial charge in [-0.2, -0.15) is 0 Å². The Kier molecular flexibility index (Phi) is 6.87. The molecule has 1 N–H and O–H groups in total. The van der Waals surface area contributed by atoms with Gasteiger partial charge in [0.2, 0.25) is 0 Å². The van der Waals surface area contributed by atoms with E-state index in [1.807, 2.05) is 38.1 Å². The maximum absolute atomic E-state index is 10.3. The van der Waals surface area contributed by atoms with Crippen molar-refractivity contribution in [3.63, 3.8) is 0 Å². The third-order valence-corrected chi connectivity index (χ3v) is 4.23. The van der Waals surface area contributed by atoms with E-state index in [4.69, 9.17) is 0 Å². The van der Waals surface area contributed by atoms with Crippen LogP contribution in [0.5, 0.6) is 5.75 Å². The van der Waals surface area contributed by atoms with Crippen LogP contribution in [-0.2, 0) is 5.41 Å². The maximum Gasteiger partial charge on any atom is 0.119 e. The van der Waals surface area contributed by atoms with E-state index < -0.39 is 0 Å². The summed E-state index contributed by atoms with van der Waals surface area (Å²) in [5, 5.41) is 10.3. The normalized spacial score (nSPS) is 21.0. The smallest absolute Gasteiger partial charge is 0.119 e. The molecule has 23 heavy (non-hydrogen) atoms. The Hall–Kier alpha value is -1.29. The molecule has 0 bridgehead atoms. The van der Waals surface area contributed by atoms with E-state index in [1.165, 1.54) is 5.56 Å². The van der Waals surface area contributed by atoms with Crippen LogP contribution >= 0.6 is 24.0 Å². The number of rotatable bonds is 2. The highest BCUT2D eigenvalue weighted by Gasteiger charge is 2.42. The van der Waals surface area contributed by atoms with Crippen LogP contribution in [0.15, 0.2) is 66.7 Å². The number of para-hydroxylation sites is 1. The van der Waals surface area contributed by atoms with Gasteiger partial charge in [0, 0.05) is 11.0 Å². The van der Waals surface area contributed by atoms with E-state index in [0.29, 0.717) is 5.75 Å². The zero-order valence-electron chi connectivity index (χ0n) is 14.4. The molecule has 1 nitrogen and oxygen atoms in total. The van der Waals surface area contributed by atoms with Crippen LogP contribution in [0.3, 0.4) is 0 Å². The summed E-state index contributed by atoms with van der Waals surface area (Å²) in [6.45, 7) is 8.49. The van der Waals surface area contributed by atoms with Crippen LogP contribution in [-0.4, -0.2) is 5.11 Å². The molecule has 3 rings (SSSR count). The molecular formula is C21H27IO. The van der Waals surface area contributed by atoms with Crippen molar-refractivity contribution in [2.45, 2.75) is 39.5 Å². The Morgan fingerprint density at radius 1 is 0.826 bits per heavy atom. The molecule has 0 saturated heterocycles. The van der Waals surface area contributed by atoms with Gasteiger partial charge < -0.3 is 5.11 Å². The van der Waals surface area contributed by atoms with E-state index >= 15 is 0 Å². The second-order valence-electron chi connectivity index (χ2n) is 6.35. The number of hydrogen-bond donors (Lipinski definition) is 1. The Morgan fingerprint density at radius 3 is 1.91 bits per heavy atom. The summed E-state index contributed by atoms with van der Waals surface area (Å²) in [6.07, 6.45) is 5.51. The Balaban J connectivity index is 0.000000849. The van der Waals surface area contributed by atoms with Crippen molar-refractivity contribution in [2.75, 3.05) is 0 Å². The fraction of sp³-hybridized carbons (Fsp3) is 0.333. The summed E-state index contributed by atoms with van der Waals surface area (Å²) in [5.74, 6) is 0.374. The number of benzene rings is 2. The predicted octanol–water partition coefficient (Wildman–Crippen LogP) is 6.31. The Morgan fingerprint density at radius 2 is 1.39 bits per heavy atom. The van der Waals surface area contributed by atoms with E-state index in [9.17, 15) is 5.11 Å². The Labute approximate surface area is 157 Å². The molecule has 0 radical (unpaired) electrons. The van der Waals surface area contributed by atoms with Crippen LogP contribution in [0.4, 0.5) is 0 Å². The molecule has 1 aliphatic rings. The van der Waals surface area contributed by atoms with Gasteiger partial charge in [0.15, 0.2) is 0 Å². The van der Waals surface area contributed by atoms with Crippen molar-refractivity contribution in [2.24, 2.45) is 5.41 Å². The van der Waals surface area contributed by atoms with Gasteiger partial charge in [0.1, 0.15) is 5.75 Å². The van der Waals surface area contributed by atoms with Crippen molar-refractivity contribution in [1.29, 1.82) is 0 Å². The Bertz CT molecular complexity index is 646. The molecular weight excluding hydrogens is 395 g/mol. The molecule has 2 heteroatoms. The molecule has 1 unspecified atom stereocenters. The monoisotopic (exact) mass is 422 g/mol. The molecule has 0 aromatic heterocycles. The van der Waals surface area contributed by atoms with Gasteiger partial charge in [-0.3, -0.25) is 0 Å². The average Bonchev–Trinajstić information content (AvgIpc) is 2.88. The molecule has 0 spiro atoms. The van der Waals surface area contributed by atoms with Crippen LogP contribution in [0.1, 0.15) is 45.2 Å². The van der Waals surface area contributed by atoms with Crippen molar-refractivity contribution in [3.05, 3.63) is 77.9 Å². The highest BCUT2D eigenvalue weighted by atomic mass is 127. The molecule has 1 aliphatic carbocycles. The third-order valence-electron chi connectivity index (χ3n) is 4.23. The second kappa shape index (κ2) is 8.00. The maximum atomic E-state index is 10.3. The lowest BCUT2D eigenvalue weighted by Gasteiger charge is -2.32. The predicted molar refractivity (Wildman–Crippen MR) is 110 cm³/mol. The van der Waals surface area contributed by atoms with Crippen LogP contribution in [0.2, 0.25) is 0 Å². The molecule has 0 fully saturated rings. The van der Waals surface area contributed by atoms with Gasteiger partial charge in [0.25, 0.3) is 0 Å². The first-order valence-electron chi connectivity index (χ1n) is 8.08. The van der Waals surface area contributed by atoms with Crippen LogP contribution < -0.4 is 0 Å². The summed E-state index contributed by atoms with van der Waals surface area (Å²) >= 11 is 0. The van der Waals surface area contributed by atoms with Gasteiger partial charge in [-0.05, 0) is 23.5 Å². The van der Waals surface area contributed by atoms with Gasteiger partial charge in [-0.25, -0.2) is 0 Å². The SMILES string of the molecule is CC.CC1(C)C=CC(c2ccccc2)(c2ccccc2O)C1.I. The standard InChI is InChI=1S/C19H20O.C2H6.HI/c1-18(2)12-13-19(14-18,15-8-4-3-5-9-15)16-10-6-7-11-17(16)20;1-2;/h3-13,20H,14H2,1-2H3;1-2H3;1H. The van der Waals surface area contributed by atoms with Gasteiger partial charge >= 0.3 is 0 Å². The average molecular weight is 422 g/mol. The lowest BCUT2D eigenvalue weighted by molar-refractivity contribution is 0.388. The number of aromatic hydroxyl groups is 1. The molecule has 0 aliphatic heterocycles. The van der Waals surface area contributed by atoms with Crippen LogP contribution in [0.25, 0.3) is 0 Å². The van der Waals surface area contributed by atoms with Crippen molar-refractivity contribution in [3.8, 4) is 5.75 Å². The zero-order valence-corrected chi connectivity index (χ0v) is 16.7. The first-order valence-corrected chi connectivity index (χ1v) is 8.08. The quantitative estimate of drug-likeness (QED) is 0.444. The summed E-state index contributed by atoms with van der Waals surface area (Å²) < 4.78 is 0. The fourth-order valence-corrected chi connectivity index (χ4v) is 3.33. The lowest BCUT2D eigenvalue weighted by atomic mass is 9.70. The van der Waals surface area contributed by atoms with Crippen molar-refractivity contribution < 1.29 is 5.11 Å². The zero-order chi connectivity index (χ0) is 16.2. The first kappa shape index (κ1) is 19.8. The van der Waals surface area contributed by atoms with E-state index in [-0.39, 0.29) is 34.8 Å². The number of phenols is 1. The summed E-state index contributed by atoms with van der Waals surface area (Å²) in [7, 11) is 0. The largest absolute Gasteiger partial charge is 0.508 e. The highest BCUT2D eigenvalue weighted by Crippen LogP contribution is 2.51. The first-order chi connectivity index (χ1) is 10.5. The summed E-state index contributed by atoms with van der Waals surface area (Å²) in [4.78, 5) is 0. The minimum Gasteiger partial charge on any atom is -0.508 e. The number of phenolic OH excluding ortho intramolecular Hbond substituents is 1. The molecule has 0 heterocycles. The second-order valence-corrected chi connectivity index (χ2v) is 6.35. The number of halogens is 1. The highest BCUT2D eigenvalue weighted by molar-refractivity contribution is 14.0. The van der Waals surface area contributed by atoms with Gasteiger partial charge in [0.05, 0.1) is 0 Å². The minimum absolute atomic E-state index is 0. The van der Waals surface area contributed by atoms with Gasteiger partial charge in [-0.15, -0.1) is 24.0 Å². The molecule has 0 amide bonds. The van der Waals surface area contributed by atoms with Crippen molar-refractivity contribution >= 4 is 24.0 Å². The molecule has 2 aromatic carbocycles. The van der Waals surface area contributed by atoms with Crippen LogP contribution in [0, 0.1) is 5.41 Å². The summed E-state index contributed by atoms with van der Waals surface area (Å²) in [6, 6.07) is 18.2. The minimum atomic E-state index is -0.226. The lowest BCUT2D eigenvalue weighted by Crippen LogP contribution is -2.26. The molecule has 1 atom stereocenters. The molecule has 124 valence electrons. The van der Waals surface area contributed by atoms with E-state index in [0.717, 1.165) is 12.0 Å². The topological polar surface area (TPSA) is 20.2 Å². The molecule has 0 saturated carbocycles. The number of allylic oxidation sites excluding steroid dienone is 2. The summed E-state index contributed by atoms with van der Waals surface area (Å²) in [5.41, 5.74) is 2.14. The van der Waals surface area contributed by atoms with Gasteiger partial charge in [-0.1, -0.05) is 88.4 Å². The van der Waals surface area contributed by atoms with E-state index in [2.05, 4.69) is 50.3 Å².